The monoisotopic (exact) mass is 300 g/mol. The van der Waals surface area contributed by atoms with Gasteiger partial charge in [-0.05, 0) is 12.1 Å². The third-order valence-electron chi connectivity index (χ3n) is 1.56. The molecule has 2 N–H and O–H groups in total. The Kier molecular flexibility index (Phi) is 10.7. The Morgan fingerprint density at radius 1 is 1.05 bits per heavy atom. The predicted octanol–water partition coefficient (Wildman–Crippen LogP) is 0.864. The quantitative estimate of drug-likeness (QED) is 0.483. The molecular weight excluding hydrogens is 288 g/mol. The van der Waals surface area contributed by atoms with Crippen molar-refractivity contribution in [2.45, 2.75) is 0 Å². The number of rotatable bonds is 3. The van der Waals surface area contributed by atoms with Crippen molar-refractivity contribution in [2.75, 3.05) is 0 Å². The van der Waals surface area contributed by atoms with E-state index in [4.69, 9.17) is 9.66 Å². The molecule has 1 aromatic carbocycles. The van der Waals surface area contributed by atoms with E-state index in [2.05, 4.69) is 4.18 Å². The summed E-state index contributed by atoms with van der Waals surface area (Å²) in [7, 11) is -4.96. The molecule has 0 aliphatic rings. The summed E-state index contributed by atoms with van der Waals surface area (Å²) in [4.78, 5) is 21.8. The molecule has 0 fully saturated rings. The van der Waals surface area contributed by atoms with Crippen molar-refractivity contribution in [1.29, 1.82) is 0 Å². The van der Waals surface area contributed by atoms with Crippen molar-refractivity contribution in [3.05, 3.63) is 50.2 Å². The first-order valence-electron chi connectivity index (χ1n) is 3.85. The minimum Gasteiger partial charge on any atom is -0.478 e. The van der Waals surface area contributed by atoms with Crippen LogP contribution in [0, 0.1) is 14.9 Å². The summed E-state index contributed by atoms with van der Waals surface area (Å²) in [5.41, 5.74) is -0.885. The molecule has 0 atom stereocenters. The number of carboxylic acid groups (broad SMARTS) is 1. The van der Waals surface area contributed by atoms with Crippen molar-refractivity contribution in [3.63, 3.8) is 0 Å². The van der Waals surface area contributed by atoms with Crippen LogP contribution in [0.5, 0.6) is 0 Å². The fourth-order valence-corrected chi connectivity index (χ4v) is 1.27. The zero-order valence-electron chi connectivity index (χ0n) is 10.4. The maximum atomic E-state index is 11.2. The fraction of sp³-hybridized carbons (Fsp3) is 0. The standard InChI is InChI=1S/C8H6O7S.2CH3.Mg/c9-7(10)5-3-1-2-4-6(5)8(11)15-16(12,13)14;;;/h1-4H,(H,9,10)(H,12,13,14);2*1H3;/q;2*-1;+2. The van der Waals surface area contributed by atoms with E-state index in [0.717, 1.165) is 12.1 Å². The first-order chi connectivity index (χ1) is 7.31. The van der Waals surface area contributed by atoms with E-state index in [1.807, 2.05) is 0 Å². The normalized spacial score (nSPS) is 9.11. The van der Waals surface area contributed by atoms with Crippen LogP contribution in [0.25, 0.3) is 0 Å². The van der Waals surface area contributed by atoms with Gasteiger partial charge in [-0.15, -0.1) is 0 Å². The SMILES string of the molecule is O=C(O)c1ccccc1C(=O)OS(=O)(=O)O.[CH3-].[CH3-].[Mg+2]. The van der Waals surface area contributed by atoms with Crippen LogP contribution in [0.2, 0.25) is 0 Å². The van der Waals surface area contributed by atoms with Crippen molar-refractivity contribution in [3.8, 4) is 0 Å². The molecule has 0 aliphatic heterocycles. The molecule has 1 rings (SSSR count). The van der Waals surface area contributed by atoms with Crippen LogP contribution in [0.15, 0.2) is 24.3 Å². The molecule has 0 amide bonds. The fourth-order valence-electron chi connectivity index (χ4n) is 0.988. The van der Waals surface area contributed by atoms with E-state index >= 15 is 0 Å². The molecule has 0 spiro atoms. The molecule has 0 saturated heterocycles. The first kappa shape index (κ1) is 23.0. The minimum absolute atomic E-state index is 0. The molecule has 0 aromatic heterocycles. The molecule has 0 bridgehead atoms. The van der Waals surface area contributed by atoms with Gasteiger partial charge in [-0.2, -0.15) is 8.42 Å². The van der Waals surface area contributed by atoms with Gasteiger partial charge in [0.25, 0.3) is 0 Å². The summed E-state index contributed by atoms with van der Waals surface area (Å²) < 4.78 is 32.4. The molecule has 1 aromatic rings. The van der Waals surface area contributed by atoms with E-state index in [1.54, 1.807) is 0 Å². The summed E-state index contributed by atoms with van der Waals surface area (Å²) in [5.74, 6) is -2.87. The molecule has 0 radical (unpaired) electrons. The number of hydrogen-bond donors (Lipinski definition) is 2. The van der Waals surface area contributed by atoms with Crippen molar-refractivity contribution in [2.24, 2.45) is 0 Å². The van der Waals surface area contributed by atoms with Gasteiger partial charge < -0.3 is 24.1 Å². The largest absolute Gasteiger partial charge is 2.00 e. The van der Waals surface area contributed by atoms with Gasteiger partial charge in [-0.25, -0.2) is 9.59 Å². The Hall–Kier alpha value is -1.16. The topological polar surface area (TPSA) is 118 Å². The Balaban J connectivity index is -0.000000853. The smallest absolute Gasteiger partial charge is 0.478 e. The number of carbonyl (C=O) groups is 2. The van der Waals surface area contributed by atoms with Crippen LogP contribution in [0.1, 0.15) is 20.7 Å². The Morgan fingerprint density at radius 2 is 1.47 bits per heavy atom. The summed E-state index contributed by atoms with van der Waals surface area (Å²) in [6, 6.07) is 4.85. The number of benzene rings is 1. The van der Waals surface area contributed by atoms with Crippen LogP contribution in [-0.2, 0) is 14.6 Å². The maximum Gasteiger partial charge on any atom is 2.00 e. The van der Waals surface area contributed by atoms with E-state index < -0.39 is 33.5 Å². The molecule has 19 heavy (non-hydrogen) atoms. The van der Waals surface area contributed by atoms with Crippen LogP contribution in [0.4, 0.5) is 0 Å². The van der Waals surface area contributed by atoms with Crippen LogP contribution in [-0.4, -0.2) is 53.1 Å². The van der Waals surface area contributed by atoms with Crippen molar-refractivity contribution < 1.29 is 31.8 Å². The van der Waals surface area contributed by atoms with Crippen LogP contribution in [0.3, 0.4) is 0 Å². The van der Waals surface area contributed by atoms with Gasteiger partial charge in [0.1, 0.15) is 0 Å². The summed E-state index contributed by atoms with van der Waals surface area (Å²) in [6.07, 6.45) is 0. The molecule has 0 unspecified atom stereocenters. The molecule has 0 aliphatic carbocycles. The van der Waals surface area contributed by atoms with Gasteiger partial charge in [0.2, 0.25) is 0 Å². The van der Waals surface area contributed by atoms with Gasteiger partial charge in [0, 0.05) is 0 Å². The number of hydrogen-bond acceptors (Lipinski definition) is 5. The van der Waals surface area contributed by atoms with Crippen molar-refractivity contribution in [1.82, 2.24) is 0 Å². The summed E-state index contributed by atoms with van der Waals surface area (Å²) in [6.45, 7) is 0. The second-order valence-electron chi connectivity index (χ2n) is 2.65. The Bertz CT molecular complexity index is 539. The Morgan fingerprint density at radius 3 is 1.84 bits per heavy atom. The minimum atomic E-state index is -4.96. The predicted molar refractivity (Wildman–Crippen MR) is 68.9 cm³/mol. The molecular formula is C10H12MgO7S. The van der Waals surface area contributed by atoms with Crippen LogP contribution < -0.4 is 0 Å². The summed E-state index contributed by atoms with van der Waals surface area (Å²) in [5, 5.41) is 8.69. The second kappa shape index (κ2) is 8.86. The van der Waals surface area contributed by atoms with E-state index in [-0.39, 0.29) is 37.9 Å². The molecule has 0 saturated carbocycles. The number of carboxylic acids is 1. The first-order valence-corrected chi connectivity index (χ1v) is 5.21. The Labute approximate surface area is 127 Å². The van der Waals surface area contributed by atoms with Gasteiger partial charge >= 0.3 is 45.4 Å². The van der Waals surface area contributed by atoms with Crippen molar-refractivity contribution >= 4 is 45.4 Å². The molecule has 7 nitrogen and oxygen atoms in total. The van der Waals surface area contributed by atoms with E-state index in [0.29, 0.717) is 0 Å². The zero-order chi connectivity index (χ0) is 12.3. The molecule has 9 heteroatoms. The van der Waals surface area contributed by atoms with Gasteiger partial charge in [-0.1, -0.05) is 12.1 Å². The number of carbonyl (C=O) groups excluding carboxylic acids is 1. The third kappa shape index (κ3) is 7.11. The average Bonchev–Trinajstić information content (AvgIpc) is 2.15. The second-order valence-corrected chi connectivity index (χ2v) is 3.67. The zero-order valence-corrected chi connectivity index (χ0v) is 12.6. The van der Waals surface area contributed by atoms with E-state index in [9.17, 15) is 18.0 Å². The van der Waals surface area contributed by atoms with Gasteiger partial charge in [0.05, 0.1) is 11.1 Å². The van der Waals surface area contributed by atoms with Gasteiger partial charge in [-0.3, -0.25) is 4.55 Å². The van der Waals surface area contributed by atoms with Crippen LogP contribution >= 0.6 is 0 Å². The summed E-state index contributed by atoms with van der Waals surface area (Å²) >= 11 is 0. The van der Waals surface area contributed by atoms with E-state index in [1.165, 1.54) is 12.1 Å². The molecule has 102 valence electrons. The number of aromatic carboxylic acids is 1. The maximum absolute atomic E-state index is 11.2. The molecule has 0 heterocycles. The third-order valence-corrected chi connectivity index (χ3v) is 1.92. The average molecular weight is 301 g/mol. The van der Waals surface area contributed by atoms with Gasteiger partial charge in [0.15, 0.2) is 0 Å².